The molecule has 0 fully saturated rings. The summed E-state index contributed by atoms with van der Waals surface area (Å²) in [6, 6.07) is 11.6. The number of nitrogens with one attached hydrogen (secondary N) is 1. The first-order chi connectivity index (χ1) is 10.0. The summed E-state index contributed by atoms with van der Waals surface area (Å²) in [5.41, 5.74) is 8.03. The number of carbonyl (C=O) groups is 1. The zero-order valence-corrected chi connectivity index (χ0v) is 12.1. The average molecular weight is 300 g/mol. The van der Waals surface area contributed by atoms with Crippen molar-refractivity contribution in [2.45, 2.75) is 6.92 Å². The Bertz CT molecular complexity index is 841. The summed E-state index contributed by atoms with van der Waals surface area (Å²) in [4.78, 5) is 12.8. The second-order valence-corrected chi connectivity index (χ2v) is 5.90. The van der Waals surface area contributed by atoms with Crippen LogP contribution >= 0.6 is 11.3 Å². The highest BCUT2D eigenvalue weighted by Gasteiger charge is 2.11. The van der Waals surface area contributed by atoms with Crippen LogP contribution in [0.3, 0.4) is 0 Å². The van der Waals surface area contributed by atoms with Gasteiger partial charge in [0.1, 0.15) is 5.82 Å². The van der Waals surface area contributed by atoms with E-state index in [-0.39, 0.29) is 11.7 Å². The zero-order valence-electron chi connectivity index (χ0n) is 11.3. The SMILES string of the molecule is Cc1cc(NC(=O)c2cc3ccc(F)cc3s2)ccc1N. The van der Waals surface area contributed by atoms with E-state index in [1.54, 1.807) is 24.3 Å². The average Bonchev–Trinajstić information content (AvgIpc) is 2.86. The molecule has 0 aliphatic heterocycles. The van der Waals surface area contributed by atoms with E-state index < -0.39 is 0 Å². The fourth-order valence-electron chi connectivity index (χ4n) is 2.06. The molecule has 0 saturated carbocycles. The Morgan fingerprint density at radius 1 is 1.19 bits per heavy atom. The Morgan fingerprint density at radius 3 is 2.76 bits per heavy atom. The van der Waals surface area contributed by atoms with Crippen molar-refractivity contribution in [1.29, 1.82) is 0 Å². The molecule has 0 spiro atoms. The number of amides is 1. The van der Waals surface area contributed by atoms with E-state index in [9.17, 15) is 9.18 Å². The van der Waals surface area contributed by atoms with E-state index in [2.05, 4.69) is 5.32 Å². The molecular formula is C16H13FN2OS. The maximum Gasteiger partial charge on any atom is 0.265 e. The van der Waals surface area contributed by atoms with Crippen LogP contribution in [0.5, 0.6) is 0 Å². The molecule has 3 nitrogen and oxygen atoms in total. The van der Waals surface area contributed by atoms with Crippen molar-refractivity contribution in [2.24, 2.45) is 0 Å². The first-order valence-electron chi connectivity index (χ1n) is 6.39. The maximum atomic E-state index is 13.2. The van der Waals surface area contributed by atoms with Gasteiger partial charge >= 0.3 is 0 Å². The lowest BCUT2D eigenvalue weighted by atomic mass is 10.2. The second-order valence-electron chi connectivity index (χ2n) is 4.82. The first-order valence-corrected chi connectivity index (χ1v) is 7.21. The lowest BCUT2D eigenvalue weighted by molar-refractivity contribution is 0.103. The van der Waals surface area contributed by atoms with Gasteiger partial charge in [-0.05, 0) is 54.3 Å². The number of thiophene rings is 1. The molecule has 0 aliphatic rings. The van der Waals surface area contributed by atoms with E-state index in [1.807, 2.05) is 13.0 Å². The number of hydrogen-bond acceptors (Lipinski definition) is 3. The van der Waals surface area contributed by atoms with Crippen molar-refractivity contribution >= 4 is 38.7 Å². The van der Waals surface area contributed by atoms with Gasteiger partial charge in [0.25, 0.3) is 5.91 Å². The molecule has 21 heavy (non-hydrogen) atoms. The fourth-order valence-corrected chi connectivity index (χ4v) is 3.05. The number of nitrogen functional groups attached to an aromatic ring is 1. The van der Waals surface area contributed by atoms with Gasteiger partial charge in [0.2, 0.25) is 0 Å². The third-order valence-electron chi connectivity index (χ3n) is 3.23. The number of anilines is 2. The van der Waals surface area contributed by atoms with Gasteiger partial charge in [-0.3, -0.25) is 4.79 Å². The predicted molar refractivity (Wildman–Crippen MR) is 85.3 cm³/mol. The van der Waals surface area contributed by atoms with Crippen molar-refractivity contribution in [1.82, 2.24) is 0 Å². The molecule has 0 atom stereocenters. The lowest BCUT2D eigenvalue weighted by Gasteiger charge is -2.06. The number of nitrogens with two attached hydrogens (primary N) is 1. The van der Waals surface area contributed by atoms with Crippen LogP contribution in [0.4, 0.5) is 15.8 Å². The summed E-state index contributed by atoms with van der Waals surface area (Å²) < 4.78 is 13.9. The highest BCUT2D eigenvalue weighted by Crippen LogP contribution is 2.27. The number of fused-ring (bicyclic) bond motifs is 1. The Kier molecular flexibility index (Phi) is 3.35. The van der Waals surface area contributed by atoms with Gasteiger partial charge in [0.15, 0.2) is 0 Å². The van der Waals surface area contributed by atoms with Crippen molar-refractivity contribution in [3.05, 3.63) is 58.7 Å². The Hall–Kier alpha value is -2.40. The quantitative estimate of drug-likeness (QED) is 0.697. The van der Waals surface area contributed by atoms with Crippen LogP contribution in [-0.2, 0) is 0 Å². The topological polar surface area (TPSA) is 55.1 Å². The molecular weight excluding hydrogens is 287 g/mol. The number of benzene rings is 2. The molecule has 3 aromatic rings. The molecule has 3 N–H and O–H groups in total. The monoisotopic (exact) mass is 300 g/mol. The minimum absolute atomic E-state index is 0.208. The van der Waals surface area contributed by atoms with Gasteiger partial charge in [0.05, 0.1) is 4.88 Å². The van der Waals surface area contributed by atoms with Crippen molar-refractivity contribution in [3.63, 3.8) is 0 Å². The molecule has 0 bridgehead atoms. The molecule has 0 unspecified atom stereocenters. The smallest absolute Gasteiger partial charge is 0.265 e. The molecule has 2 aromatic carbocycles. The third kappa shape index (κ3) is 2.73. The summed E-state index contributed by atoms with van der Waals surface area (Å²) in [7, 11) is 0. The summed E-state index contributed by atoms with van der Waals surface area (Å²) in [6.07, 6.45) is 0. The lowest BCUT2D eigenvalue weighted by Crippen LogP contribution is -2.10. The van der Waals surface area contributed by atoms with Gasteiger partial charge in [-0.1, -0.05) is 6.07 Å². The minimum Gasteiger partial charge on any atom is -0.399 e. The zero-order chi connectivity index (χ0) is 15.0. The molecule has 1 amide bonds. The first kappa shape index (κ1) is 13.6. The van der Waals surface area contributed by atoms with Crippen LogP contribution in [0, 0.1) is 12.7 Å². The Balaban J connectivity index is 1.87. The normalized spacial score (nSPS) is 10.8. The molecule has 0 aliphatic carbocycles. The van der Waals surface area contributed by atoms with Crippen LogP contribution in [0.2, 0.25) is 0 Å². The Labute approximate surface area is 125 Å². The second kappa shape index (κ2) is 5.18. The van der Waals surface area contributed by atoms with Gasteiger partial charge in [-0.15, -0.1) is 11.3 Å². The number of aryl methyl sites for hydroxylation is 1. The fraction of sp³-hybridized carbons (Fsp3) is 0.0625. The highest BCUT2D eigenvalue weighted by atomic mass is 32.1. The van der Waals surface area contributed by atoms with E-state index in [1.165, 1.54) is 23.5 Å². The molecule has 0 saturated heterocycles. The Morgan fingerprint density at radius 2 is 2.00 bits per heavy atom. The number of halogens is 1. The van der Waals surface area contributed by atoms with Crippen molar-refractivity contribution in [3.8, 4) is 0 Å². The van der Waals surface area contributed by atoms with Gasteiger partial charge in [-0.2, -0.15) is 0 Å². The van der Waals surface area contributed by atoms with Gasteiger partial charge in [-0.25, -0.2) is 4.39 Å². The standard InChI is InChI=1S/C16H13FN2OS/c1-9-6-12(4-5-13(9)18)19-16(20)15-7-10-2-3-11(17)8-14(10)21-15/h2-8H,18H2,1H3,(H,19,20). The van der Waals surface area contributed by atoms with Gasteiger partial charge in [0, 0.05) is 16.1 Å². The molecule has 1 heterocycles. The van der Waals surface area contributed by atoms with Crippen LogP contribution < -0.4 is 11.1 Å². The van der Waals surface area contributed by atoms with Gasteiger partial charge < -0.3 is 11.1 Å². The van der Waals surface area contributed by atoms with Crippen LogP contribution in [0.1, 0.15) is 15.2 Å². The molecule has 5 heteroatoms. The maximum absolute atomic E-state index is 13.2. The van der Waals surface area contributed by atoms with Crippen molar-refractivity contribution in [2.75, 3.05) is 11.1 Å². The van der Waals surface area contributed by atoms with Crippen LogP contribution in [0.15, 0.2) is 42.5 Å². The predicted octanol–water partition coefficient (Wildman–Crippen LogP) is 4.18. The van der Waals surface area contributed by atoms with Crippen LogP contribution in [-0.4, -0.2) is 5.91 Å². The number of hydrogen-bond donors (Lipinski definition) is 2. The van der Waals surface area contributed by atoms with Crippen LogP contribution in [0.25, 0.3) is 10.1 Å². The summed E-state index contributed by atoms with van der Waals surface area (Å²) >= 11 is 1.27. The van der Waals surface area contributed by atoms with Crippen molar-refractivity contribution < 1.29 is 9.18 Å². The summed E-state index contributed by atoms with van der Waals surface area (Å²) in [6.45, 7) is 1.88. The summed E-state index contributed by atoms with van der Waals surface area (Å²) in [5.74, 6) is -0.508. The summed E-state index contributed by atoms with van der Waals surface area (Å²) in [5, 5.41) is 3.69. The molecule has 0 radical (unpaired) electrons. The number of rotatable bonds is 2. The largest absolute Gasteiger partial charge is 0.399 e. The molecule has 3 rings (SSSR count). The van der Waals surface area contributed by atoms with E-state index in [0.717, 1.165) is 15.6 Å². The molecule has 1 aromatic heterocycles. The van der Waals surface area contributed by atoms with E-state index >= 15 is 0 Å². The van der Waals surface area contributed by atoms with E-state index in [0.29, 0.717) is 16.3 Å². The third-order valence-corrected chi connectivity index (χ3v) is 4.33. The highest BCUT2D eigenvalue weighted by molar-refractivity contribution is 7.20. The number of carbonyl (C=O) groups excluding carboxylic acids is 1. The van der Waals surface area contributed by atoms with E-state index in [4.69, 9.17) is 5.73 Å². The molecule has 106 valence electrons. The minimum atomic E-state index is -0.300.